The van der Waals surface area contributed by atoms with E-state index in [0.29, 0.717) is 12.6 Å². The number of ether oxygens (including phenoxy) is 1. The summed E-state index contributed by atoms with van der Waals surface area (Å²) in [6, 6.07) is 6.02. The van der Waals surface area contributed by atoms with Crippen LogP contribution in [0.1, 0.15) is 12.5 Å². The summed E-state index contributed by atoms with van der Waals surface area (Å²) in [6.07, 6.45) is 0. The van der Waals surface area contributed by atoms with Crippen molar-refractivity contribution in [2.45, 2.75) is 13.8 Å². The molecule has 7 heteroatoms. The Hall–Kier alpha value is -1.40. The van der Waals surface area contributed by atoms with E-state index in [4.69, 9.17) is 16.3 Å². The van der Waals surface area contributed by atoms with E-state index in [2.05, 4.69) is 36.2 Å². The molecule has 0 spiro atoms. The summed E-state index contributed by atoms with van der Waals surface area (Å²) in [5.41, 5.74) is 1.94. The lowest BCUT2D eigenvalue weighted by molar-refractivity contribution is 0.312. The highest BCUT2D eigenvalue weighted by Crippen LogP contribution is 2.26. The maximum atomic E-state index is 5.83. The quantitative estimate of drug-likeness (QED) is 0.916. The molecule has 0 fully saturated rings. The first-order chi connectivity index (χ1) is 9.10. The average Bonchev–Trinajstić information content (AvgIpc) is 2.35. The van der Waals surface area contributed by atoms with E-state index in [1.165, 1.54) is 0 Å². The molecule has 2 aromatic rings. The lowest BCUT2D eigenvalue weighted by atomic mass is 10.2. The van der Waals surface area contributed by atoms with Crippen LogP contribution >= 0.6 is 27.5 Å². The van der Waals surface area contributed by atoms with Crippen molar-refractivity contribution in [3.05, 3.63) is 33.5 Å². The first-order valence-corrected chi connectivity index (χ1v) is 6.83. The van der Waals surface area contributed by atoms with Crippen LogP contribution in [-0.4, -0.2) is 21.6 Å². The second-order valence-electron chi connectivity index (χ2n) is 3.68. The van der Waals surface area contributed by atoms with Crippen LogP contribution in [0.4, 0.5) is 11.6 Å². The number of nitrogens with zero attached hydrogens (tertiary/aromatic N) is 3. The summed E-state index contributed by atoms with van der Waals surface area (Å²) < 4.78 is 6.23. The molecule has 0 aliphatic heterocycles. The zero-order chi connectivity index (χ0) is 13.8. The Labute approximate surface area is 124 Å². The summed E-state index contributed by atoms with van der Waals surface area (Å²) >= 11 is 9.30. The van der Waals surface area contributed by atoms with Crippen molar-refractivity contribution in [1.29, 1.82) is 0 Å². The van der Waals surface area contributed by atoms with Crippen molar-refractivity contribution in [2.75, 3.05) is 11.9 Å². The van der Waals surface area contributed by atoms with Crippen LogP contribution in [-0.2, 0) is 0 Å². The molecule has 0 bridgehead atoms. The predicted molar refractivity (Wildman–Crippen MR) is 78.2 cm³/mol. The van der Waals surface area contributed by atoms with Gasteiger partial charge in [0.1, 0.15) is 0 Å². The Morgan fingerprint density at radius 2 is 2.11 bits per heavy atom. The topological polar surface area (TPSA) is 59.9 Å². The standard InChI is InChI=1S/C12H12BrClN4O/c1-3-19-12-17-10(14)16-11(18-12)15-9-6-4-5-8(13)7(9)2/h4-6H,3H2,1-2H3,(H,15,16,17,18). The lowest BCUT2D eigenvalue weighted by Crippen LogP contribution is -2.04. The number of halogens is 2. The Bertz CT molecular complexity index is 594. The van der Waals surface area contributed by atoms with Crippen LogP contribution in [0, 0.1) is 6.92 Å². The molecule has 1 N–H and O–H groups in total. The number of nitrogens with one attached hydrogen (secondary N) is 1. The maximum absolute atomic E-state index is 5.83. The van der Waals surface area contributed by atoms with E-state index in [-0.39, 0.29) is 11.3 Å². The van der Waals surface area contributed by atoms with Crippen molar-refractivity contribution < 1.29 is 4.74 Å². The molecule has 0 saturated heterocycles. The number of anilines is 2. The summed E-state index contributed by atoms with van der Waals surface area (Å²) in [6.45, 7) is 4.30. The highest BCUT2D eigenvalue weighted by atomic mass is 79.9. The maximum Gasteiger partial charge on any atom is 0.322 e. The Balaban J connectivity index is 2.30. The highest BCUT2D eigenvalue weighted by molar-refractivity contribution is 9.10. The molecular weight excluding hydrogens is 332 g/mol. The van der Waals surface area contributed by atoms with Gasteiger partial charge in [-0.25, -0.2) is 0 Å². The van der Waals surface area contributed by atoms with Crippen LogP contribution < -0.4 is 10.1 Å². The van der Waals surface area contributed by atoms with Crippen LogP contribution in [0.2, 0.25) is 5.28 Å². The molecule has 0 saturated carbocycles. The first kappa shape index (κ1) is 14.0. The SMILES string of the molecule is CCOc1nc(Cl)nc(Nc2cccc(Br)c2C)n1. The van der Waals surface area contributed by atoms with Crippen molar-refractivity contribution in [3.8, 4) is 6.01 Å². The van der Waals surface area contributed by atoms with Crippen LogP contribution in [0.15, 0.2) is 22.7 Å². The number of rotatable bonds is 4. The lowest BCUT2D eigenvalue weighted by Gasteiger charge is -2.10. The molecule has 0 atom stereocenters. The van der Waals surface area contributed by atoms with E-state index in [1.807, 2.05) is 32.0 Å². The van der Waals surface area contributed by atoms with E-state index >= 15 is 0 Å². The fourth-order valence-corrected chi connectivity index (χ4v) is 1.96. The fourth-order valence-electron chi connectivity index (χ4n) is 1.44. The second kappa shape index (κ2) is 6.16. The number of hydrogen-bond donors (Lipinski definition) is 1. The van der Waals surface area contributed by atoms with Gasteiger partial charge in [0.25, 0.3) is 0 Å². The minimum atomic E-state index is 0.0913. The fraction of sp³-hybridized carbons (Fsp3) is 0.250. The molecule has 0 unspecified atom stereocenters. The molecule has 19 heavy (non-hydrogen) atoms. The van der Waals surface area contributed by atoms with E-state index in [0.717, 1.165) is 15.7 Å². The normalized spacial score (nSPS) is 10.3. The van der Waals surface area contributed by atoms with Crippen molar-refractivity contribution in [2.24, 2.45) is 0 Å². The van der Waals surface area contributed by atoms with Crippen molar-refractivity contribution in [1.82, 2.24) is 15.0 Å². The number of benzene rings is 1. The van der Waals surface area contributed by atoms with Crippen LogP contribution in [0.25, 0.3) is 0 Å². The van der Waals surface area contributed by atoms with Gasteiger partial charge in [0, 0.05) is 10.2 Å². The molecular formula is C12H12BrClN4O. The van der Waals surface area contributed by atoms with E-state index in [9.17, 15) is 0 Å². The molecule has 5 nitrogen and oxygen atoms in total. The van der Waals surface area contributed by atoms with Gasteiger partial charge < -0.3 is 10.1 Å². The number of hydrogen-bond acceptors (Lipinski definition) is 5. The van der Waals surface area contributed by atoms with Gasteiger partial charge in [-0.15, -0.1) is 0 Å². The molecule has 0 amide bonds. The zero-order valence-corrected chi connectivity index (χ0v) is 12.8. The van der Waals surface area contributed by atoms with Crippen molar-refractivity contribution >= 4 is 39.2 Å². The van der Waals surface area contributed by atoms with Gasteiger partial charge in [-0.05, 0) is 43.1 Å². The third kappa shape index (κ3) is 3.54. The zero-order valence-electron chi connectivity index (χ0n) is 10.4. The van der Waals surface area contributed by atoms with Gasteiger partial charge in [0.05, 0.1) is 6.61 Å². The molecule has 1 aromatic heterocycles. The van der Waals surface area contributed by atoms with E-state index < -0.39 is 0 Å². The van der Waals surface area contributed by atoms with E-state index in [1.54, 1.807) is 0 Å². The minimum Gasteiger partial charge on any atom is -0.464 e. The molecule has 0 aliphatic carbocycles. The summed E-state index contributed by atoms with van der Waals surface area (Å²) in [5.74, 6) is 0.352. The van der Waals surface area contributed by atoms with Crippen LogP contribution in [0.5, 0.6) is 6.01 Å². The molecule has 1 heterocycles. The highest BCUT2D eigenvalue weighted by Gasteiger charge is 2.08. The van der Waals surface area contributed by atoms with Gasteiger partial charge in [0.2, 0.25) is 11.2 Å². The Morgan fingerprint density at radius 3 is 2.84 bits per heavy atom. The monoisotopic (exact) mass is 342 g/mol. The van der Waals surface area contributed by atoms with Crippen molar-refractivity contribution in [3.63, 3.8) is 0 Å². The summed E-state index contributed by atoms with van der Waals surface area (Å²) in [7, 11) is 0. The minimum absolute atomic E-state index is 0.0913. The third-order valence-corrected chi connectivity index (χ3v) is 3.40. The summed E-state index contributed by atoms with van der Waals surface area (Å²) in [5, 5.41) is 3.19. The molecule has 0 aliphatic rings. The Morgan fingerprint density at radius 1 is 1.32 bits per heavy atom. The average molecular weight is 344 g/mol. The third-order valence-electron chi connectivity index (χ3n) is 2.38. The van der Waals surface area contributed by atoms with Gasteiger partial charge in [-0.2, -0.15) is 15.0 Å². The van der Waals surface area contributed by atoms with Gasteiger partial charge >= 0.3 is 6.01 Å². The number of aromatic nitrogens is 3. The summed E-state index contributed by atoms with van der Waals surface area (Å²) in [4.78, 5) is 12.0. The second-order valence-corrected chi connectivity index (χ2v) is 4.87. The van der Waals surface area contributed by atoms with Gasteiger partial charge in [-0.3, -0.25) is 0 Å². The largest absolute Gasteiger partial charge is 0.464 e. The Kier molecular flexibility index (Phi) is 4.55. The van der Waals surface area contributed by atoms with Gasteiger partial charge in [0.15, 0.2) is 0 Å². The van der Waals surface area contributed by atoms with Gasteiger partial charge in [-0.1, -0.05) is 22.0 Å². The molecule has 2 rings (SSSR count). The first-order valence-electron chi connectivity index (χ1n) is 5.66. The molecule has 100 valence electrons. The molecule has 0 radical (unpaired) electrons. The predicted octanol–water partition coefficient (Wildman–Crippen LogP) is 3.74. The molecule has 1 aromatic carbocycles. The smallest absolute Gasteiger partial charge is 0.322 e. The van der Waals surface area contributed by atoms with Crippen LogP contribution in [0.3, 0.4) is 0 Å².